The van der Waals surface area contributed by atoms with Gasteiger partial charge in [0.15, 0.2) is 11.5 Å². The monoisotopic (exact) mass is 674 g/mol. The molecule has 0 radical (unpaired) electrons. The molecule has 3 aromatic rings. The highest BCUT2D eigenvalue weighted by Crippen LogP contribution is 2.43. The summed E-state index contributed by atoms with van der Waals surface area (Å²) in [6, 6.07) is 16.7. The molecule has 0 spiro atoms. The quantitative estimate of drug-likeness (QED) is 0.185. The highest BCUT2D eigenvalue weighted by molar-refractivity contribution is 6.08. The van der Waals surface area contributed by atoms with Crippen molar-refractivity contribution in [3.05, 3.63) is 83.4 Å². The van der Waals surface area contributed by atoms with Crippen molar-refractivity contribution in [2.75, 3.05) is 31.5 Å². The highest BCUT2D eigenvalue weighted by atomic mass is 16.7. The van der Waals surface area contributed by atoms with Gasteiger partial charge in [-0.05, 0) is 60.9 Å². The lowest BCUT2D eigenvalue weighted by Gasteiger charge is -2.45. The van der Waals surface area contributed by atoms with Crippen LogP contribution in [-0.4, -0.2) is 67.6 Å². The van der Waals surface area contributed by atoms with Crippen LogP contribution in [0.25, 0.3) is 0 Å². The standard InChI is InChI=1S/C37H42N2O10/c1-4-45-33(42)21-29-36(49-34(43)19-24-11-14-30-31(18-24)48-22-47-30)35(38-32(41)17-23(2)3)27-20-26(46-16-8-15-40)12-13-28(27)39(29)37(44)25-9-6-5-7-10-25/h5-7,9-14,18,20,23,29,35-36,40H,4,8,15-17,19,21-22H2,1-3H3,(H,38,41)/t29-,35-,36-/m0/s1. The van der Waals surface area contributed by atoms with Crippen LogP contribution in [0.5, 0.6) is 17.2 Å². The minimum Gasteiger partial charge on any atom is -0.493 e. The van der Waals surface area contributed by atoms with Crippen molar-refractivity contribution >= 4 is 29.4 Å². The van der Waals surface area contributed by atoms with Gasteiger partial charge in [-0.2, -0.15) is 0 Å². The van der Waals surface area contributed by atoms with E-state index in [0.29, 0.717) is 46.0 Å². The number of aliphatic hydroxyl groups excluding tert-OH is 1. The second-order valence-electron chi connectivity index (χ2n) is 12.2. The Morgan fingerprint density at radius 2 is 1.76 bits per heavy atom. The molecule has 0 bridgehead atoms. The van der Waals surface area contributed by atoms with E-state index in [9.17, 15) is 24.3 Å². The van der Waals surface area contributed by atoms with Crippen molar-refractivity contribution in [2.45, 2.75) is 64.6 Å². The predicted molar refractivity (Wildman–Crippen MR) is 178 cm³/mol. The van der Waals surface area contributed by atoms with E-state index >= 15 is 0 Å². The number of nitrogens with zero attached hydrogens (tertiary/aromatic N) is 1. The number of benzene rings is 3. The summed E-state index contributed by atoms with van der Waals surface area (Å²) in [5.41, 5.74) is 1.82. The Hall–Kier alpha value is -5.10. The summed E-state index contributed by atoms with van der Waals surface area (Å²) in [7, 11) is 0. The molecule has 2 N–H and O–H groups in total. The number of fused-ring (bicyclic) bond motifs is 2. The number of hydrogen-bond donors (Lipinski definition) is 2. The van der Waals surface area contributed by atoms with E-state index in [4.69, 9.17) is 23.7 Å². The number of nitrogens with one attached hydrogen (secondary N) is 1. The molecule has 2 amide bonds. The molecule has 2 aliphatic heterocycles. The number of carbonyl (C=O) groups is 4. The third-order valence-corrected chi connectivity index (χ3v) is 8.09. The average Bonchev–Trinajstić information content (AvgIpc) is 3.54. The van der Waals surface area contributed by atoms with E-state index in [1.165, 1.54) is 4.90 Å². The number of anilines is 1. The molecular weight excluding hydrogens is 632 g/mol. The molecule has 12 heteroatoms. The Morgan fingerprint density at radius 3 is 2.49 bits per heavy atom. The third kappa shape index (κ3) is 8.69. The number of hydrogen-bond acceptors (Lipinski definition) is 10. The third-order valence-electron chi connectivity index (χ3n) is 8.09. The lowest BCUT2D eigenvalue weighted by Crippen LogP contribution is -2.58. The van der Waals surface area contributed by atoms with Gasteiger partial charge in [0.1, 0.15) is 11.9 Å². The van der Waals surface area contributed by atoms with Gasteiger partial charge in [0.05, 0.1) is 43.8 Å². The first-order chi connectivity index (χ1) is 23.7. The summed E-state index contributed by atoms with van der Waals surface area (Å²) in [5.74, 6) is -0.464. The van der Waals surface area contributed by atoms with E-state index in [2.05, 4.69) is 5.32 Å². The maximum Gasteiger partial charge on any atom is 0.310 e. The number of aliphatic hydroxyl groups is 1. The fourth-order valence-electron chi connectivity index (χ4n) is 5.97. The van der Waals surface area contributed by atoms with Gasteiger partial charge in [0.25, 0.3) is 5.91 Å². The number of esters is 2. The summed E-state index contributed by atoms with van der Waals surface area (Å²) in [6.45, 7) is 5.85. The predicted octanol–water partition coefficient (Wildman–Crippen LogP) is 4.52. The normalized spacial score (nSPS) is 17.7. The van der Waals surface area contributed by atoms with E-state index in [1.807, 2.05) is 13.8 Å². The van der Waals surface area contributed by atoms with Crippen molar-refractivity contribution in [3.8, 4) is 17.2 Å². The summed E-state index contributed by atoms with van der Waals surface area (Å²) in [5, 5.41) is 12.3. The molecule has 0 fully saturated rings. The largest absolute Gasteiger partial charge is 0.493 e. The van der Waals surface area contributed by atoms with Crippen molar-refractivity contribution < 1.29 is 48.0 Å². The minimum atomic E-state index is -1.21. The van der Waals surface area contributed by atoms with Gasteiger partial charge < -0.3 is 39.0 Å². The number of amides is 2. The number of carbonyl (C=O) groups excluding carboxylic acids is 4. The van der Waals surface area contributed by atoms with Crippen LogP contribution in [0.4, 0.5) is 5.69 Å². The maximum atomic E-state index is 14.4. The Bertz CT molecular complexity index is 1640. The fraction of sp³-hybridized carbons (Fsp3) is 0.405. The SMILES string of the molecule is CCOC(=O)C[C@H]1[C@H](OC(=O)Cc2ccc3c(c2)OCO3)[C@@H](NC(=O)CC(C)C)c2cc(OCCCO)ccc2N1C(=O)c1ccccc1. The first-order valence-corrected chi connectivity index (χ1v) is 16.5. The van der Waals surface area contributed by atoms with Gasteiger partial charge in [0.2, 0.25) is 12.7 Å². The van der Waals surface area contributed by atoms with Crippen molar-refractivity contribution in [3.63, 3.8) is 0 Å². The molecule has 260 valence electrons. The van der Waals surface area contributed by atoms with Crippen LogP contribution >= 0.6 is 0 Å². The van der Waals surface area contributed by atoms with Crippen LogP contribution < -0.4 is 24.4 Å². The van der Waals surface area contributed by atoms with Crippen LogP contribution in [0, 0.1) is 5.92 Å². The first-order valence-electron chi connectivity index (χ1n) is 16.5. The molecule has 2 aliphatic rings. The molecule has 0 aliphatic carbocycles. The molecule has 3 aromatic carbocycles. The van der Waals surface area contributed by atoms with Gasteiger partial charge in [-0.3, -0.25) is 19.2 Å². The van der Waals surface area contributed by atoms with Gasteiger partial charge in [-0.15, -0.1) is 0 Å². The molecule has 0 aromatic heterocycles. The Kier molecular flexibility index (Phi) is 11.7. The molecular formula is C37H42N2O10. The average molecular weight is 675 g/mol. The molecule has 5 rings (SSSR count). The maximum absolute atomic E-state index is 14.4. The van der Waals surface area contributed by atoms with Crippen molar-refractivity contribution in [1.82, 2.24) is 5.32 Å². The van der Waals surface area contributed by atoms with E-state index < -0.39 is 36.0 Å². The number of rotatable bonds is 14. The second kappa shape index (κ2) is 16.3. The topological polar surface area (TPSA) is 150 Å². The van der Waals surface area contributed by atoms with E-state index in [1.54, 1.807) is 73.7 Å². The van der Waals surface area contributed by atoms with E-state index in [-0.39, 0.29) is 57.7 Å². The van der Waals surface area contributed by atoms with Crippen molar-refractivity contribution in [1.29, 1.82) is 0 Å². The van der Waals surface area contributed by atoms with Gasteiger partial charge in [0, 0.05) is 30.6 Å². The zero-order valence-corrected chi connectivity index (χ0v) is 27.9. The Labute approximate surface area is 285 Å². The van der Waals surface area contributed by atoms with Gasteiger partial charge in [-0.1, -0.05) is 38.1 Å². The smallest absolute Gasteiger partial charge is 0.310 e. The van der Waals surface area contributed by atoms with Gasteiger partial charge in [-0.25, -0.2) is 0 Å². The molecule has 2 heterocycles. The van der Waals surface area contributed by atoms with E-state index in [0.717, 1.165) is 0 Å². The zero-order chi connectivity index (χ0) is 34.9. The summed E-state index contributed by atoms with van der Waals surface area (Å²) >= 11 is 0. The second-order valence-corrected chi connectivity index (χ2v) is 12.2. The van der Waals surface area contributed by atoms with Crippen LogP contribution in [0.3, 0.4) is 0 Å². The fourth-order valence-corrected chi connectivity index (χ4v) is 5.97. The van der Waals surface area contributed by atoms with Crippen LogP contribution in [0.15, 0.2) is 66.7 Å². The number of ether oxygens (including phenoxy) is 5. The zero-order valence-electron chi connectivity index (χ0n) is 27.9. The molecule has 49 heavy (non-hydrogen) atoms. The van der Waals surface area contributed by atoms with Crippen LogP contribution in [0.1, 0.15) is 67.6 Å². The summed E-state index contributed by atoms with van der Waals surface area (Å²) in [4.78, 5) is 56.2. The first kappa shape index (κ1) is 35.2. The highest BCUT2D eigenvalue weighted by Gasteiger charge is 2.48. The molecule has 12 nitrogen and oxygen atoms in total. The molecule has 0 saturated carbocycles. The summed E-state index contributed by atoms with van der Waals surface area (Å²) in [6.07, 6.45) is -1.11. The molecule has 3 atom stereocenters. The minimum absolute atomic E-state index is 0.0229. The Morgan fingerprint density at radius 1 is 0.980 bits per heavy atom. The summed E-state index contributed by atoms with van der Waals surface area (Å²) < 4.78 is 28.3. The van der Waals surface area contributed by atoms with Crippen molar-refractivity contribution in [2.24, 2.45) is 5.92 Å². The van der Waals surface area contributed by atoms with Crippen LogP contribution in [0.2, 0.25) is 0 Å². The lowest BCUT2D eigenvalue weighted by molar-refractivity contribution is -0.155. The lowest BCUT2D eigenvalue weighted by atomic mass is 9.85. The van der Waals surface area contributed by atoms with Crippen LogP contribution in [-0.2, 0) is 30.3 Å². The van der Waals surface area contributed by atoms with Gasteiger partial charge >= 0.3 is 11.9 Å². The molecule has 0 unspecified atom stereocenters. The Balaban J connectivity index is 1.61. The molecule has 0 saturated heterocycles.